The van der Waals surface area contributed by atoms with Gasteiger partial charge in [-0.15, -0.1) is 11.3 Å². The SMILES string of the molecule is O=C(Cc1cccs1)N1CC=C(c2c[nH]c3ccc(Br)cc23)CC1. The second-order valence-electron chi connectivity index (χ2n) is 5.97. The fourth-order valence-electron chi connectivity index (χ4n) is 3.17. The topological polar surface area (TPSA) is 36.1 Å². The van der Waals surface area contributed by atoms with Crippen molar-refractivity contribution in [2.75, 3.05) is 13.1 Å². The second kappa shape index (κ2) is 6.57. The number of benzene rings is 1. The van der Waals surface area contributed by atoms with Gasteiger partial charge in [0.15, 0.2) is 0 Å². The highest BCUT2D eigenvalue weighted by Crippen LogP contribution is 2.31. The monoisotopic (exact) mass is 400 g/mol. The maximum atomic E-state index is 12.4. The summed E-state index contributed by atoms with van der Waals surface area (Å²) in [4.78, 5) is 18.8. The van der Waals surface area contributed by atoms with Crippen molar-refractivity contribution in [2.45, 2.75) is 12.8 Å². The predicted octanol–water partition coefficient (Wildman–Crippen LogP) is 4.85. The first-order valence-electron chi connectivity index (χ1n) is 7.97. The quantitative estimate of drug-likeness (QED) is 0.669. The molecule has 2 aromatic heterocycles. The first-order chi connectivity index (χ1) is 11.7. The minimum atomic E-state index is 0.217. The van der Waals surface area contributed by atoms with Crippen molar-refractivity contribution in [1.82, 2.24) is 9.88 Å². The molecule has 1 aromatic carbocycles. The molecule has 122 valence electrons. The summed E-state index contributed by atoms with van der Waals surface area (Å²) >= 11 is 5.19. The fourth-order valence-corrected chi connectivity index (χ4v) is 4.23. The smallest absolute Gasteiger partial charge is 0.228 e. The van der Waals surface area contributed by atoms with Crippen molar-refractivity contribution < 1.29 is 4.79 Å². The molecule has 3 heterocycles. The van der Waals surface area contributed by atoms with E-state index in [1.165, 1.54) is 16.5 Å². The van der Waals surface area contributed by atoms with Gasteiger partial charge in [-0.3, -0.25) is 4.79 Å². The number of carbonyl (C=O) groups excluding carboxylic acids is 1. The van der Waals surface area contributed by atoms with Crippen molar-refractivity contribution in [3.05, 3.63) is 62.9 Å². The summed E-state index contributed by atoms with van der Waals surface area (Å²) in [6.45, 7) is 1.48. The second-order valence-corrected chi connectivity index (χ2v) is 7.92. The number of aromatic amines is 1. The van der Waals surface area contributed by atoms with Crippen LogP contribution in [0.1, 0.15) is 16.9 Å². The van der Waals surface area contributed by atoms with Crippen LogP contribution < -0.4 is 0 Å². The third-order valence-corrected chi connectivity index (χ3v) is 5.83. The summed E-state index contributed by atoms with van der Waals surface area (Å²) in [7, 11) is 0. The zero-order valence-corrected chi connectivity index (χ0v) is 15.5. The Balaban J connectivity index is 1.51. The lowest BCUT2D eigenvalue weighted by atomic mass is 9.99. The fraction of sp³-hybridized carbons (Fsp3) is 0.211. The molecule has 0 saturated heterocycles. The minimum absolute atomic E-state index is 0.217. The highest BCUT2D eigenvalue weighted by Gasteiger charge is 2.19. The molecule has 3 aromatic rings. The lowest BCUT2D eigenvalue weighted by molar-refractivity contribution is -0.130. The van der Waals surface area contributed by atoms with Gasteiger partial charge in [0.1, 0.15) is 0 Å². The number of halogens is 1. The van der Waals surface area contributed by atoms with E-state index in [1.54, 1.807) is 11.3 Å². The molecule has 1 amide bonds. The number of thiophene rings is 1. The summed E-state index contributed by atoms with van der Waals surface area (Å²) < 4.78 is 1.08. The number of fused-ring (bicyclic) bond motifs is 1. The minimum Gasteiger partial charge on any atom is -0.361 e. The van der Waals surface area contributed by atoms with Crippen LogP contribution in [0.2, 0.25) is 0 Å². The van der Waals surface area contributed by atoms with E-state index in [0.29, 0.717) is 13.0 Å². The zero-order valence-electron chi connectivity index (χ0n) is 13.1. The Labute approximate surface area is 153 Å². The van der Waals surface area contributed by atoms with Crippen LogP contribution in [0, 0.1) is 0 Å². The molecule has 0 bridgehead atoms. The van der Waals surface area contributed by atoms with Crippen molar-refractivity contribution in [2.24, 2.45) is 0 Å². The first kappa shape index (κ1) is 15.7. The van der Waals surface area contributed by atoms with Crippen LogP contribution in [-0.4, -0.2) is 28.9 Å². The van der Waals surface area contributed by atoms with Gasteiger partial charge in [0.2, 0.25) is 5.91 Å². The molecule has 0 unspecified atom stereocenters. The molecule has 0 atom stereocenters. The Morgan fingerprint density at radius 1 is 1.33 bits per heavy atom. The summed E-state index contributed by atoms with van der Waals surface area (Å²) in [5, 5.41) is 3.25. The molecular formula is C19H17BrN2OS. The summed E-state index contributed by atoms with van der Waals surface area (Å²) in [5.74, 6) is 0.217. The Bertz CT molecular complexity index is 911. The molecule has 1 N–H and O–H groups in total. The highest BCUT2D eigenvalue weighted by molar-refractivity contribution is 9.10. The summed E-state index contributed by atoms with van der Waals surface area (Å²) in [5.41, 5.74) is 3.71. The van der Waals surface area contributed by atoms with Gasteiger partial charge in [0.05, 0.1) is 6.42 Å². The number of hydrogen-bond acceptors (Lipinski definition) is 2. The normalized spacial score (nSPS) is 14.9. The Morgan fingerprint density at radius 2 is 2.25 bits per heavy atom. The predicted molar refractivity (Wildman–Crippen MR) is 103 cm³/mol. The van der Waals surface area contributed by atoms with Gasteiger partial charge in [0.25, 0.3) is 0 Å². The first-order valence-corrected chi connectivity index (χ1v) is 9.64. The summed E-state index contributed by atoms with van der Waals surface area (Å²) in [6, 6.07) is 10.3. The number of H-pyrrole nitrogens is 1. The number of amides is 1. The van der Waals surface area contributed by atoms with Crippen LogP contribution in [0.3, 0.4) is 0 Å². The van der Waals surface area contributed by atoms with Crippen LogP contribution in [0.15, 0.2) is 52.5 Å². The van der Waals surface area contributed by atoms with Crippen LogP contribution in [0.5, 0.6) is 0 Å². The standard InChI is InChI=1S/C19H17BrN2OS/c20-14-3-4-18-16(10-14)17(12-21-18)13-5-7-22(8-6-13)19(23)11-15-2-1-9-24-15/h1-5,9-10,12,21H,6-8,11H2. The van der Waals surface area contributed by atoms with E-state index < -0.39 is 0 Å². The Kier molecular flexibility index (Phi) is 4.29. The molecule has 0 fully saturated rings. The van der Waals surface area contributed by atoms with Crippen molar-refractivity contribution in [3.8, 4) is 0 Å². The lowest BCUT2D eigenvalue weighted by Crippen LogP contribution is -2.35. The molecular weight excluding hydrogens is 384 g/mol. The lowest BCUT2D eigenvalue weighted by Gasteiger charge is -2.26. The number of aromatic nitrogens is 1. The Hall–Kier alpha value is -1.85. The average molecular weight is 401 g/mol. The largest absolute Gasteiger partial charge is 0.361 e. The molecule has 4 rings (SSSR count). The molecule has 0 spiro atoms. The maximum absolute atomic E-state index is 12.4. The maximum Gasteiger partial charge on any atom is 0.228 e. The number of nitrogens with one attached hydrogen (secondary N) is 1. The molecule has 0 radical (unpaired) electrons. The van der Waals surface area contributed by atoms with E-state index in [1.807, 2.05) is 28.5 Å². The summed E-state index contributed by atoms with van der Waals surface area (Å²) in [6.07, 6.45) is 5.68. The van der Waals surface area contributed by atoms with Gasteiger partial charge in [-0.2, -0.15) is 0 Å². The van der Waals surface area contributed by atoms with Crippen molar-refractivity contribution in [1.29, 1.82) is 0 Å². The van der Waals surface area contributed by atoms with Gasteiger partial charge in [-0.05, 0) is 41.6 Å². The third kappa shape index (κ3) is 3.06. The van der Waals surface area contributed by atoms with E-state index in [2.05, 4.69) is 45.3 Å². The van der Waals surface area contributed by atoms with Gasteiger partial charge < -0.3 is 9.88 Å². The van der Waals surface area contributed by atoms with Crippen molar-refractivity contribution in [3.63, 3.8) is 0 Å². The van der Waals surface area contributed by atoms with Crippen LogP contribution in [0.4, 0.5) is 0 Å². The van der Waals surface area contributed by atoms with Gasteiger partial charge in [0, 0.05) is 45.1 Å². The number of rotatable bonds is 3. The molecule has 1 aliphatic heterocycles. The molecule has 24 heavy (non-hydrogen) atoms. The average Bonchev–Trinajstić information content (AvgIpc) is 3.24. The van der Waals surface area contributed by atoms with E-state index in [9.17, 15) is 4.79 Å². The van der Waals surface area contributed by atoms with Gasteiger partial charge >= 0.3 is 0 Å². The van der Waals surface area contributed by atoms with E-state index in [-0.39, 0.29) is 5.91 Å². The van der Waals surface area contributed by atoms with Crippen LogP contribution >= 0.6 is 27.3 Å². The Morgan fingerprint density at radius 3 is 3.00 bits per heavy atom. The number of nitrogens with zero attached hydrogens (tertiary/aromatic N) is 1. The van der Waals surface area contributed by atoms with Crippen molar-refractivity contribution >= 4 is 49.6 Å². The molecule has 0 aliphatic carbocycles. The molecule has 1 aliphatic rings. The molecule has 0 saturated carbocycles. The van der Waals surface area contributed by atoms with Crippen LogP contribution in [0.25, 0.3) is 16.5 Å². The van der Waals surface area contributed by atoms with Gasteiger partial charge in [-0.1, -0.05) is 28.1 Å². The number of carbonyl (C=O) groups is 1. The van der Waals surface area contributed by atoms with Crippen LogP contribution in [-0.2, 0) is 11.2 Å². The van der Waals surface area contributed by atoms with E-state index in [0.717, 1.165) is 27.8 Å². The number of hydrogen-bond donors (Lipinski definition) is 1. The molecule has 5 heteroatoms. The molecule has 3 nitrogen and oxygen atoms in total. The highest BCUT2D eigenvalue weighted by atomic mass is 79.9. The van der Waals surface area contributed by atoms with Gasteiger partial charge in [-0.25, -0.2) is 0 Å². The van der Waals surface area contributed by atoms with E-state index in [4.69, 9.17) is 0 Å². The third-order valence-electron chi connectivity index (χ3n) is 4.46. The zero-order chi connectivity index (χ0) is 16.5. The van der Waals surface area contributed by atoms with E-state index >= 15 is 0 Å².